The molecule has 0 aromatic heterocycles. The topological polar surface area (TPSA) is 18.5 Å². The Morgan fingerprint density at radius 2 is 1.62 bits per heavy atom. The van der Waals surface area contributed by atoms with Crippen LogP contribution in [-0.2, 0) is 0 Å². The fraction of sp³-hybridized carbons (Fsp3) is 0.333. The van der Waals surface area contributed by atoms with E-state index >= 15 is 0 Å². The minimum absolute atomic E-state index is 0.225. The minimum atomic E-state index is 0.225. The molecule has 0 aliphatic rings. The summed E-state index contributed by atoms with van der Waals surface area (Å²) in [5.74, 6) is 1.86. The first-order valence-corrected chi connectivity index (χ1v) is 8.13. The zero-order valence-electron chi connectivity index (χ0n) is 12.3. The Kier molecular flexibility index (Phi) is 6.61. The van der Waals surface area contributed by atoms with Gasteiger partial charge in [0, 0.05) is 4.47 Å². The molecule has 1 atom stereocenters. The molecule has 21 heavy (non-hydrogen) atoms. The Morgan fingerprint density at radius 3 is 2.33 bits per heavy atom. The highest BCUT2D eigenvalue weighted by Crippen LogP contribution is 2.18. The second kappa shape index (κ2) is 8.73. The van der Waals surface area contributed by atoms with Gasteiger partial charge in [-0.25, -0.2) is 0 Å². The van der Waals surface area contributed by atoms with Gasteiger partial charge in [0.1, 0.15) is 11.5 Å². The van der Waals surface area contributed by atoms with E-state index in [1.807, 2.05) is 54.6 Å². The normalized spacial score (nSPS) is 11.9. The molecule has 0 amide bonds. The highest BCUT2D eigenvalue weighted by Gasteiger charge is 2.04. The third-order valence-electron chi connectivity index (χ3n) is 3.17. The minimum Gasteiger partial charge on any atom is -0.494 e. The third-order valence-corrected chi connectivity index (χ3v) is 3.70. The SMILES string of the molecule is CC(CCCCOc1ccccc1)Oc1ccc(Br)cc1. The molecule has 0 N–H and O–H groups in total. The number of hydrogen-bond donors (Lipinski definition) is 0. The van der Waals surface area contributed by atoms with E-state index in [9.17, 15) is 0 Å². The summed E-state index contributed by atoms with van der Waals surface area (Å²) in [4.78, 5) is 0. The van der Waals surface area contributed by atoms with Crippen molar-refractivity contribution in [2.24, 2.45) is 0 Å². The van der Waals surface area contributed by atoms with Gasteiger partial charge in [0.05, 0.1) is 12.7 Å². The number of halogens is 1. The van der Waals surface area contributed by atoms with Crippen molar-refractivity contribution in [1.82, 2.24) is 0 Å². The van der Waals surface area contributed by atoms with E-state index in [4.69, 9.17) is 9.47 Å². The molecule has 0 spiro atoms. The maximum atomic E-state index is 5.87. The van der Waals surface area contributed by atoms with Crippen molar-refractivity contribution in [2.75, 3.05) is 6.61 Å². The standard InChI is InChI=1S/C18H21BrO2/c1-15(21-18-12-10-16(19)11-13-18)7-5-6-14-20-17-8-3-2-4-9-17/h2-4,8-13,15H,5-7,14H2,1H3. The first kappa shape index (κ1) is 15.9. The smallest absolute Gasteiger partial charge is 0.119 e. The van der Waals surface area contributed by atoms with E-state index in [2.05, 4.69) is 22.9 Å². The van der Waals surface area contributed by atoms with Gasteiger partial charge >= 0.3 is 0 Å². The molecule has 0 bridgehead atoms. The van der Waals surface area contributed by atoms with Crippen LogP contribution in [0.25, 0.3) is 0 Å². The third kappa shape index (κ3) is 6.21. The molecule has 0 aliphatic heterocycles. The van der Waals surface area contributed by atoms with E-state index < -0.39 is 0 Å². The summed E-state index contributed by atoms with van der Waals surface area (Å²) in [6.07, 6.45) is 3.41. The van der Waals surface area contributed by atoms with Gasteiger partial charge in [-0.15, -0.1) is 0 Å². The number of rotatable bonds is 8. The predicted molar refractivity (Wildman–Crippen MR) is 90.0 cm³/mol. The van der Waals surface area contributed by atoms with Crippen LogP contribution in [-0.4, -0.2) is 12.7 Å². The van der Waals surface area contributed by atoms with Gasteiger partial charge in [0.25, 0.3) is 0 Å². The number of unbranched alkanes of at least 4 members (excludes halogenated alkanes) is 1. The lowest BCUT2D eigenvalue weighted by Gasteiger charge is -2.14. The molecule has 0 fully saturated rings. The van der Waals surface area contributed by atoms with E-state index in [0.29, 0.717) is 0 Å². The summed E-state index contributed by atoms with van der Waals surface area (Å²) in [6.45, 7) is 2.87. The van der Waals surface area contributed by atoms with Crippen molar-refractivity contribution in [3.8, 4) is 11.5 Å². The molecule has 0 aliphatic carbocycles. The summed E-state index contributed by atoms with van der Waals surface area (Å²) in [6, 6.07) is 17.9. The van der Waals surface area contributed by atoms with Crippen LogP contribution in [0.2, 0.25) is 0 Å². The molecule has 0 radical (unpaired) electrons. The van der Waals surface area contributed by atoms with Crippen molar-refractivity contribution < 1.29 is 9.47 Å². The highest BCUT2D eigenvalue weighted by atomic mass is 79.9. The molecule has 0 saturated carbocycles. The van der Waals surface area contributed by atoms with E-state index in [-0.39, 0.29) is 6.10 Å². The molecular weight excluding hydrogens is 328 g/mol. The predicted octanol–water partition coefficient (Wildman–Crippen LogP) is 5.47. The fourth-order valence-corrected chi connectivity index (χ4v) is 2.31. The van der Waals surface area contributed by atoms with Gasteiger partial charge < -0.3 is 9.47 Å². The van der Waals surface area contributed by atoms with E-state index in [0.717, 1.165) is 41.8 Å². The Labute approximate surface area is 135 Å². The summed E-state index contributed by atoms with van der Waals surface area (Å²) in [5.41, 5.74) is 0. The Morgan fingerprint density at radius 1 is 0.905 bits per heavy atom. The lowest BCUT2D eigenvalue weighted by atomic mass is 10.2. The van der Waals surface area contributed by atoms with Gasteiger partial charge in [-0.2, -0.15) is 0 Å². The van der Waals surface area contributed by atoms with E-state index in [1.165, 1.54) is 0 Å². The summed E-state index contributed by atoms with van der Waals surface area (Å²) < 4.78 is 12.6. The van der Waals surface area contributed by atoms with Crippen LogP contribution < -0.4 is 9.47 Å². The zero-order valence-corrected chi connectivity index (χ0v) is 13.9. The van der Waals surface area contributed by atoms with Crippen molar-refractivity contribution in [3.05, 3.63) is 59.1 Å². The second-order valence-corrected chi connectivity index (χ2v) is 5.96. The monoisotopic (exact) mass is 348 g/mol. The van der Waals surface area contributed by atoms with Crippen molar-refractivity contribution in [1.29, 1.82) is 0 Å². The quantitative estimate of drug-likeness (QED) is 0.589. The van der Waals surface area contributed by atoms with Gasteiger partial charge in [0.2, 0.25) is 0 Å². The van der Waals surface area contributed by atoms with Gasteiger partial charge in [0.15, 0.2) is 0 Å². The van der Waals surface area contributed by atoms with Crippen LogP contribution in [0, 0.1) is 0 Å². The zero-order chi connectivity index (χ0) is 14.9. The van der Waals surface area contributed by atoms with Crippen molar-refractivity contribution >= 4 is 15.9 Å². The molecule has 1 unspecified atom stereocenters. The highest BCUT2D eigenvalue weighted by molar-refractivity contribution is 9.10. The lowest BCUT2D eigenvalue weighted by Crippen LogP contribution is -2.12. The van der Waals surface area contributed by atoms with Crippen LogP contribution in [0.5, 0.6) is 11.5 Å². The van der Waals surface area contributed by atoms with Crippen molar-refractivity contribution in [3.63, 3.8) is 0 Å². The molecule has 2 nitrogen and oxygen atoms in total. The summed E-state index contributed by atoms with van der Waals surface area (Å²) >= 11 is 3.42. The van der Waals surface area contributed by atoms with Crippen LogP contribution >= 0.6 is 15.9 Å². The molecule has 3 heteroatoms. The van der Waals surface area contributed by atoms with Gasteiger partial charge in [-0.3, -0.25) is 0 Å². The molecule has 0 saturated heterocycles. The van der Waals surface area contributed by atoms with Crippen LogP contribution in [0.15, 0.2) is 59.1 Å². The fourth-order valence-electron chi connectivity index (χ4n) is 2.04. The molecule has 2 aromatic carbocycles. The number of benzene rings is 2. The Bertz CT molecular complexity index is 511. The lowest BCUT2D eigenvalue weighted by molar-refractivity contribution is 0.201. The summed E-state index contributed by atoms with van der Waals surface area (Å²) in [5, 5.41) is 0. The molecular formula is C18H21BrO2. The van der Waals surface area contributed by atoms with Gasteiger partial charge in [-0.1, -0.05) is 34.1 Å². The molecule has 0 heterocycles. The Balaban J connectivity index is 1.59. The number of para-hydroxylation sites is 1. The maximum absolute atomic E-state index is 5.87. The molecule has 2 rings (SSSR count). The molecule has 112 valence electrons. The largest absolute Gasteiger partial charge is 0.494 e. The Hall–Kier alpha value is -1.48. The van der Waals surface area contributed by atoms with Crippen LogP contribution in [0.3, 0.4) is 0 Å². The maximum Gasteiger partial charge on any atom is 0.119 e. The number of ether oxygens (including phenoxy) is 2. The number of hydrogen-bond acceptors (Lipinski definition) is 2. The first-order chi connectivity index (χ1) is 10.2. The average Bonchev–Trinajstić information content (AvgIpc) is 2.50. The second-order valence-electron chi connectivity index (χ2n) is 5.04. The average molecular weight is 349 g/mol. The van der Waals surface area contributed by atoms with E-state index in [1.54, 1.807) is 0 Å². The van der Waals surface area contributed by atoms with Crippen molar-refractivity contribution in [2.45, 2.75) is 32.3 Å². The molecule has 2 aromatic rings. The van der Waals surface area contributed by atoms with Gasteiger partial charge in [-0.05, 0) is 62.6 Å². The van der Waals surface area contributed by atoms with Crippen LogP contribution in [0.4, 0.5) is 0 Å². The first-order valence-electron chi connectivity index (χ1n) is 7.34. The van der Waals surface area contributed by atoms with Crippen LogP contribution in [0.1, 0.15) is 26.2 Å². The summed E-state index contributed by atoms with van der Waals surface area (Å²) in [7, 11) is 0.